The molecular weight excluding hydrogens is 286 g/mol. The summed E-state index contributed by atoms with van der Waals surface area (Å²) >= 11 is 0. The molecule has 2 N–H and O–H groups in total. The number of nitrogen functional groups attached to an aromatic ring is 1. The van der Waals surface area contributed by atoms with Gasteiger partial charge in [0.15, 0.2) is 11.5 Å². The predicted molar refractivity (Wildman–Crippen MR) is 81.3 cm³/mol. The van der Waals surface area contributed by atoms with Crippen LogP contribution in [0.4, 0.5) is 5.82 Å². The summed E-state index contributed by atoms with van der Waals surface area (Å²) in [7, 11) is 1.59. The fourth-order valence-electron chi connectivity index (χ4n) is 2.23. The van der Waals surface area contributed by atoms with Crippen molar-refractivity contribution in [3.05, 3.63) is 18.0 Å². The number of benzene rings is 1. The monoisotopic (exact) mass is 305 g/mol. The van der Waals surface area contributed by atoms with E-state index in [2.05, 4.69) is 9.97 Å². The summed E-state index contributed by atoms with van der Waals surface area (Å²) in [4.78, 5) is 8.53. The molecule has 0 amide bonds. The molecule has 7 nitrogen and oxygen atoms in total. The molecule has 1 fully saturated rings. The van der Waals surface area contributed by atoms with Gasteiger partial charge in [-0.25, -0.2) is 9.97 Å². The number of fused-ring (bicyclic) bond motifs is 1. The van der Waals surface area contributed by atoms with Crippen LogP contribution in [0.2, 0.25) is 0 Å². The van der Waals surface area contributed by atoms with Crippen molar-refractivity contribution >= 4 is 16.7 Å². The number of rotatable bonds is 6. The third kappa shape index (κ3) is 3.05. The SMILES string of the molecule is COc1cc2nc(C)nc(N)c2cc1OCCOC1COC1. The van der Waals surface area contributed by atoms with E-state index >= 15 is 0 Å². The van der Waals surface area contributed by atoms with Gasteiger partial charge in [-0.1, -0.05) is 0 Å². The Bertz CT molecular complexity index is 673. The summed E-state index contributed by atoms with van der Waals surface area (Å²) in [5.41, 5.74) is 6.68. The van der Waals surface area contributed by atoms with E-state index in [1.807, 2.05) is 0 Å². The fraction of sp³-hybridized carbons (Fsp3) is 0.467. The maximum atomic E-state index is 5.95. The first-order chi connectivity index (χ1) is 10.7. The molecule has 0 radical (unpaired) electrons. The zero-order valence-corrected chi connectivity index (χ0v) is 12.7. The van der Waals surface area contributed by atoms with Gasteiger partial charge >= 0.3 is 0 Å². The molecule has 1 aliphatic rings. The Labute approximate surface area is 128 Å². The standard InChI is InChI=1S/C15H19N3O4/c1-9-17-12-6-13(19-2)14(5-11(12)15(16)18-9)22-4-3-21-10-7-20-8-10/h5-6,10H,3-4,7-8H2,1-2H3,(H2,16,17,18). The van der Waals surface area contributed by atoms with Crippen LogP contribution >= 0.6 is 0 Å². The zero-order chi connectivity index (χ0) is 15.5. The van der Waals surface area contributed by atoms with Crippen LogP contribution in [-0.4, -0.2) is 49.6 Å². The van der Waals surface area contributed by atoms with Crippen molar-refractivity contribution in [1.82, 2.24) is 9.97 Å². The van der Waals surface area contributed by atoms with E-state index < -0.39 is 0 Å². The molecule has 1 saturated heterocycles. The molecule has 0 atom stereocenters. The van der Waals surface area contributed by atoms with Crippen molar-refractivity contribution in [3.63, 3.8) is 0 Å². The molecule has 2 aromatic rings. The first-order valence-electron chi connectivity index (χ1n) is 7.11. The summed E-state index contributed by atoms with van der Waals surface area (Å²) < 4.78 is 21.7. The second kappa shape index (κ2) is 6.33. The van der Waals surface area contributed by atoms with Crippen LogP contribution in [0.3, 0.4) is 0 Å². The highest BCUT2D eigenvalue weighted by Gasteiger charge is 2.18. The highest BCUT2D eigenvalue weighted by Crippen LogP contribution is 2.33. The number of ether oxygens (including phenoxy) is 4. The summed E-state index contributed by atoms with van der Waals surface area (Å²) in [5.74, 6) is 2.26. The van der Waals surface area contributed by atoms with Gasteiger partial charge in [0.05, 0.1) is 32.4 Å². The summed E-state index contributed by atoms with van der Waals surface area (Å²) in [6, 6.07) is 3.60. The lowest BCUT2D eigenvalue weighted by atomic mass is 10.2. The van der Waals surface area contributed by atoms with Crippen LogP contribution in [0.1, 0.15) is 5.82 Å². The average Bonchev–Trinajstić information content (AvgIpc) is 2.44. The van der Waals surface area contributed by atoms with Crippen molar-refractivity contribution < 1.29 is 18.9 Å². The van der Waals surface area contributed by atoms with Crippen molar-refractivity contribution in [2.75, 3.05) is 39.3 Å². The molecule has 0 bridgehead atoms. The first-order valence-corrected chi connectivity index (χ1v) is 7.11. The molecule has 1 aromatic carbocycles. The Hall–Kier alpha value is -2.12. The van der Waals surface area contributed by atoms with E-state index in [9.17, 15) is 0 Å². The number of hydrogen-bond acceptors (Lipinski definition) is 7. The summed E-state index contributed by atoms with van der Waals surface area (Å²) in [6.07, 6.45) is 0.189. The lowest BCUT2D eigenvalue weighted by Gasteiger charge is -2.25. The van der Waals surface area contributed by atoms with Gasteiger partial charge in [-0.3, -0.25) is 0 Å². The largest absolute Gasteiger partial charge is 0.493 e. The highest BCUT2D eigenvalue weighted by molar-refractivity contribution is 5.90. The molecule has 2 heterocycles. The number of anilines is 1. The number of methoxy groups -OCH3 is 1. The number of aryl methyl sites for hydroxylation is 1. The number of nitrogens with zero attached hydrogens (tertiary/aromatic N) is 2. The van der Waals surface area contributed by atoms with Crippen LogP contribution in [0.15, 0.2) is 12.1 Å². The Morgan fingerprint density at radius 3 is 2.73 bits per heavy atom. The van der Waals surface area contributed by atoms with E-state index in [1.54, 1.807) is 26.2 Å². The Morgan fingerprint density at radius 2 is 2.05 bits per heavy atom. The smallest absolute Gasteiger partial charge is 0.162 e. The summed E-state index contributed by atoms with van der Waals surface area (Å²) in [6.45, 7) is 4.04. The van der Waals surface area contributed by atoms with Crippen LogP contribution < -0.4 is 15.2 Å². The Kier molecular flexibility index (Phi) is 4.26. The molecule has 0 unspecified atom stereocenters. The topological polar surface area (TPSA) is 88.7 Å². The minimum absolute atomic E-state index is 0.189. The van der Waals surface area contributed by atoms with Gasteiger partial charge in [0.25, 0.3) is 0 Å². The molecule has 0 saturated carbocycles. The first kappa shape index (κ1) is 14.8. The quantitative estimate of drug-likeness (QED) is 0.805. The van der Waals surface area contributed by atoms with Crippen molar-refractivity contribution in [3.8, 4) is 11.5 Å². The molecule has 0 spiro atoms. The van der Waals surface area contributed by atoms with Crippen LogP contribution in [0.25, 0.3) is 10.9 Å². The van der Waals surface area contributed by atoms with Crippen LogP contribution in [0.5, 0.6) is 11.5 Å². The lowest BCUT2D eigenvalue weighted by Crippen LogP contribution is -2.37. The molecular formula is C15H19N3O4. The van der Waals surface area contributed by atoms with Crippen molar-refractivity contribution in [2.24, 2.45) is 0 Å². The third-order valence-corrected chi connectivity index (χ3v) is 3.42. The number of aromatic nitrogens is 2. The minimum Gasteiger partial charge on any atom is -0.493 e. The third-order valence-electron chi connectivity index (χ3n) is 3.42. The van der Waals surface area contributed by atoms with Gasteiger partial charge < -0.3 is 24.7 Å². The van der Waals surface area contributed by atoms with Gasteiger partial charge in [-0.15, -0.1) is 0 Å². The maximum Gasteiger partial charge on any atom is 0.162 e. The van der Waals surface area contributed by atoms with Gasteiger partial charge in [0.1, 0.15) is 24.4 Å². The van der Waals surface area contributed by atoms with Crippen LogP contribution in [-0.2, 0) is 9.47 Å². The molecule has 0 aliphatic carbocycles. The second-order valence-corrected chi connectivity index (χ2v) is 5.05. The highest BCUT2D eigenvalue weighted by atomic mass is 16.6. The van der Waals surface area contributed by atoms with E-state index in [-0.39, 0.29) is 6.10 Å². The fourth-order valence-corrected chi connectivity index (χ4v) is 2.23. The average molecular weight is 305 g/mol. The van der Waals surface area contributed by atoms with Gasteiger partial charge in [0, 0.05) is 11.5 Å². The molecule has 118 valence electrons. The minimum atomic E-state index is 0.189. The normalized spacial score (nSPS) is 14.8. The van der Waals surface area contributed by atoms with Crippen molar-refractivity contribution in [1.29, 1.82) is 0 Å². The number of nitrogens with two attached hydrogens (primary N) is 1. The Balaban J connectivity index is 1.75. The summed E-state index contributed by atoms with van der Waals surface area (Å²) in [5, 5.41) is 0.745. The predicted octanol–water partition coefficient (Wildman–Crippen LogP) is 1.32. The molecule has 22 heavy (non-hydrogen) atoms. The molecule has 3 rings (SSSR count). The molecule has 7 heteroatoms. The van der Waals surface area contributed by atoms with Gasteiger partial charge in [-0.05, 0) is 13.0 Å². The number of hydrogen-bond donors (Lipinski definition) is 1. The molecule has 1 aliphatic heterocycles. The van der Waals surface area contributed by atoms with Gasteiger partial charge in [-0.2, -0.15) is 0 Å². The lowest BCUT2D eigenvalue weighted by molar-refractivity contribution is -0.132. The van der Waals surface area contributed by atoms with Crippen LogP contribution in [0, 0.1) is 6.92 Å². The van der Waals surface area contributed by atoms with E-state index in [1.165, 1.54) is 0 Å². The maximum absolute atomic E-state index is 5.95. The van der Waals surface area contributed by atoms with Gasteiger partial charge in [0.2, 0.25) is 0 Å². The second-order valence-electron chi connectivity index (χ2n) is 5.05. The molecule has 1 aromatic heterocycles. The van der Waals surface area contributed by atoms with Crippen molar-refractivity contribution in [2.45, 2.75) is 13.0 Å². The zero-order valence-electron chi connectivity index (χ0n) is 12.7. The Morgan fingerprint density at radius 1 is 1.23 bits per heavy atom. The van der Waals surface area contributed by atoms with E-state index in [0.717, 1.165) is 10.9 Å². The van der Waals surface area contributed by atoms with E-state index in [4.69, 9.17) is 24.7 Å². The van der Waals surface area contributed by atoms with E-state index in [0.29, 0.717) is 49.6 Å².